The van der Waals surface area contributed by atoms with Crippen molar-refractivity contribution in [2.45, 2.75) is 0 Å². The zero-order chi connectivity index (χ0) is 18.1. The molecule has 0 radical (unpaired) electrons. The van der Waals surface area contributed by atoms with Gasteiger partial charge in [0.2, 0.25) is 5.55 Å². The van der Waals surface area contributed by atoms with Gasteiger partial charge in [-0.25, -0.2) is 4.99 Å². The van der Waals surface area contributed by atoms with Crippen LogP contribution in [-0.4, -0.2) is 0 Å². The Labute approximate surface area is 157 Å². The number of hydrogen-bond acceptors (Lipinski definition) is 2. The number of benzene rings is 4. The maximum atomic E-state index is 6.23. The van der Waals surface area contributed by atoms with Gasteiger partial charge in [0.25, 0.3) is 0 Å². The Hall–Kier alpha value is -3.65. The molecule has 5 aromatic rings. The summed E-state index contributed by atoms with van der Waals surface area (Å²) in [4.78, 5) is 4.93. The third-order valence-corrected chi connectivity index (χ3v) is 4.73. The normalized spacial score (nSPS) is 11.9. The lowest BCUT2D eigenvalue weighted by molar-refractivity contribution is 0.547. The lowest BCUT2D eigenvalue weighted by atomic mass is 10.1. The first-order chi connectivity index (χ1) is 13.4. The molecular weight excluding hydrogens is 330 g/mol. The molecule has 27 heavy (non-hydrogen) atoms. The highest BCUT2D eigenvalue weighted by Gasteiger charge is 2.07. The minimum atomic E-state index is 0.622. The first-order valence-electron chi connectivity index (χ1n) is 8.99. The fraction of sp³-hybridized carbons (Fsp3) is 0. The molecule has 2 nitrogen and oxygen atoms in total. The smallest absolute Gasteiger partial charge is 0.227 e. The van der Waals surface area contributed by atoms with Crippen LogP contribution in [0.1, 0.15) is 0 Å². The largest absolute Gasteiger partial charge is 0.438 e. The molecule has 0 aliphatic rings. The van der Waals surface area contributed by atoms with Crippen LogP contribution in [0.3, 0.4) is 0 Å². The summed E-state index contributed by atoms with van der Waals surface area (Å²) in [6.45, 7) is 0. The van der Waals surface area contributed by atoms with Crippen LogP contribution in [0, 0.1) is 0 Å². The Morgan fingerprint density at radius 3 is 2.19 bits per heavy atom. The van der Waals surface area contributed by atoms with Crippen LogP contribution in [0.5, 0.6) is 0 Å². The maximum Gasteiger partial charge on any atom is 0.227 e. The van der Waals surface area contributed by atoms with E-state index in [0.29, 0.717) is 5.55 Å². The van der Waals surface area contributed by atoms with E-state index < -0.39 is 0 Å². The summed E-state index contributed by atoms with van der Waals surface area (Å²) in [6, 6.07) is 34.9. The van der Waals surface area contributed by atoms with Gasteiger partial charge in [-0.2, -0.15) is 0 Å². The number of para-hydroxylation sites is 1. The van der Waals surface area contributed by atoms with E-state index in [2.05, 4.69) is 42.5 Å². The van der Waals surface area contributed by atoms with Crippen LogP contribution in [0.4, 0.5) is 5.69 Å². The van der Waals surface area contributed by atoms with Crippen molar-refractivity contribution in [3.8, 4) is 11.1 Å². The van der Waals surface area contributed by atoms with Crippen molar-refractivity contribution < 1.29 is 4.42 Å². The topological polar surface area (TPSA) is 25.5 Å². The van der Waals surface area contributed by atoms with Crippen molar-refractivity contribution in [2.24, 2.45) is 4.99 Å². The van der Waals surface area contributed by atoms with Gasteiger partial charge in [0.15, 0.2) is 0 Å². The summed E-state index contributed by atoms with van der Waals surface area (Å²) in [6.07, 6.45) is 0. The van der Waals surface area contributed by atoms with Gasteiger partial charge in [0.1, 0.15) is 5.58 Å². The third kappa shape index (κ3) is 2.91. The molecule has 0 unspecified atom stereocenters. The van der Waals surface area contributed by atoms with E-state index in [-0.39, 0.29) is 0 Å². The molecular formula is C25H17NO. The summed E-state index contributed by atoms with van der Waals surface area (Å²) in [5, 5.41) is 3.34. The molecule has 0 saturated carbocycles. The molecule has 2 heteroatoms. The number of rotatable bonds is 2. The molecule has 0 atom stereocenters. The molecule has 1 aromatic heterocycles. The van der Waals surface area contributed by atoms with Crippen LogP contribution in [0.25, 0.3) is 32.9 Å². The fourth-order valence-corrected chi connectivity index (χ4v) is 3.39. The van der Waals surface area contributed by atoms with Gasteiger partial charge in [0, 0.05) is 16.3 Å². The van der Waals surface area contributed by atoms with E-state index in [9.17, 15) is 0 Å². The Balaban J connectivity index is 1.85. The average molecular weight is 347 g/mol. The molecule has 1 heterocycles. The summed E-state index contributed by atoms with van der Waals surface area (Å²) in [7, 11) is 0. The van der Waals surface area contributed by atoms with Crippen LogP contribution < -0.4 is 5.55 Å². The quantitative estimate of drug-likeness (QED) is 0.358. The molecule has 0 spiro atoms. The predicted octanol–water partition coefficient (Wildman–Crippen LogP) is 6.49. The zero-order valence-electron chi connectivity index (χ0n) is 14.7. The molecule has 4 aromatic carbocycles. The predicted molar refractivity (Wildman–Crippen MR) is 111 cm³/mol. The summed E-state index contributed by atoms with van der Waals surface area (Å²) >= 11 is 0. The fourth-order valence-electron chi connectivity index (χ4n) is 3.39. The van der Waals surface area contributed by atoms with Crippen LogP contribution in [0.15, 0.2) is 113 Å². The zero-order valence-corrected chi connectivity index (χ0v) is 14.7. The lowest BCUT2D eigenvalue weighted by Gasteiger charge is -2.06. The van der Waals surface area contributed by atoms with Gasteiger partial charge in [-0.15, -0.1) is 0 Å². The summed E-state index contributed by atoms with van der Waals surface area (Å²) < 4.78 is 6.23. The van der Waals surface area contributed by atoms with E-state index in [1.54, 1.807) is 0 Å². The Morgan fingerprint density at radius 1 is 0.593 bits per heavy atom. The van der Waals surface area contributed by atoms with Gasteiger partial charge in [-0.3, -0.25) is 0 Å². The second-order valence-electron chi connectivity index (χ2n) is 6.48. The molecule has 0 fully saturated rings. The minimum Gasteiger partial charge on any atom is -0.438 e. The van der Waals surface area contributed by atoms with E-state index in [4.69, 9.17) is 9.41 Å². The Bertz CT molecular complexity index is 1310. The molecule has 5 rings (SSSR count). The molecule has 0 amide bonds. The summed E-state index contributed by atoms with van der Waals surface area (Å²) in [5.41, 5.74) is 4.44. The van der Waals surface area contributed by atoms with E-state index in [0.717, 1.165) is 33.2 Å². The van der Waals surface area contributed by atoms with Gasteiger partial charge in [-0.05, 0) is 29.1 Å². The Kier molecular flexibility index (Phi) is 3.80. The first kappa shape index (κ1) is 15.6. The first-order valence-corrected chi connectivity index (χ1v) is 8.99. The van der Waals surface area contributed by atoms with E-state index >= 15 is 0 Å². The molecule has 0 aliphatic heterocycles. The van der Waals surface area contributed by atoms with Crippen molar-refractivity contribution in [3.63, 3.8) is 0 Å². The highest BCUT2D eigenvalue weighted by molar-refractivity contribution is 5.92. The van der Waals surface area contributed by atoms with Gasteiger partial charge < -0.3 is 4.42 Å². The maximum absolute atomic E-state index is 6.23. The van der Waals surface area contributed by atoms with Crippen LogP contribution in [-0.2, 0) is 0 Å². The van der Waals surface area contributed by atoms with Crippen LogP contribution >= 0.6 is 0 Å². The molecule has 0 aliphatic carbocycles. The van der Waals surface area contributed by atoms with Crippen molar-refractivity contribution in [2.75, 3.05) is 0 Å². The second kappa shape index (κ2) is 6.58. The molecule has 0 bridgehead atoms. The molecule has 128 valence electrons. The molecule has 0 saturated heterocycles. The summed E-state index contributed by atoms with van der Waals surface area (Å²) in [5.74, 6) is 0. The SMILES string of the molecule is c1ccc(-c2cc3ccccc3oc2=Nc2cccc3ccccc23)cc1. The standard InChI is InChI=1S/C25H17NO/c1-2-9-19(10-3-1)22-17-20-12-5-7-16-24(20)27-25(22)26-23-15-8-13-18-11-4-6-14-21(18)23/h1-17H. The van der Waals surface area contributed by atoms with E-state index in [1.165, 1.54) is 5.39 Å². The minimum absolute atomic E-state index is 0.622. The monoisotopic (exact) mass is 347 g/mol. The van der Waals surface area contributed by atoms with Crippen molar-refractivity contribution in [1.29, 1.82) is 0 Å². The van der Waals surface area contributed by atoms with Gasteiger partial charge in [-0.1, -0.05) is 84.9 Å². The number of hydrogen-bond donors (Lipinski definition) is 0. The van der Waals surface area contributed by atoms with Crippen molar-refractivity contribution in [3.05, 3.63) is 109 Å². The number of fused-ring (bicyclic) bond motifs is 2. The van der Waals surface area contributed by atoms with Gasteiger partial charge >= 0.3 is 0 Å². The highest BCUT2D eigenvalue weighted by Crippen LogP contribution is 2.27. The lowest BCUT2D eigenvalue weighted by Crippen LogP contribution is -2.05. The third-order valence-electron chi connectivity index (χ3n) is 4.73. The molecule has 0 N–H and O–H groups in total. The average Bonchev–Trinajstić information content (AvgIpc) is 2.74. The van der Waals surface area contributed by atoms with Crippen LogP contribution in [0.2, 0.25) is 0 Å². The Morgan fingerprint density at radius 2 is 1.30 bits per heavy atom. The van der Waals surface area contributed by atoms with Gasteiger partial charge in [0.05, 0.1) is 5.69 Å². The van der Waals surface area contributed by atoms with E-state index in [1.807, 2.05) is 60.7 Å². The van der Waals surface area contributed by atoms with Crippen molar-refractivity contribution in [1.82, 2.24) is 0 Å². The highest BCUT2D eigenvalue weighted by atomic mass is 16.3. The van der Waals surface area contributed by atoms with Crippen molar-refractivity contribution >= 4 is 27.4 Å². The number of nitrogens with zero attached hydrogens (tertiary/aromatic N) is 1. The second-order valence-corrected chi connectivity index (χ2v) is 6.48.